The Morgan fingerprint density at radius 2 is 2.11 bits per heavy atom. The van der Waals surface area contributed by atoms with Gasteiger partial charge in [-0.2, -0.15) is 0 Å². The van der Waals surface area contributed by atoms with E-state index in [9.17, 15) is 4.39 Å². The van der Waals surface area contributed by atoms with Gasteiger partial charge in [-0.05, 0) is 40.8 Å². The molecule has 0 fully saturated rings. The van der Waals surface area contributed by atoms with Crippen LogP contribution in [0.15, 0.2) is 36.4 Å². The highest BCUT2D eigenvalue weighted by atomic mass is 19.1. The summed E-state index contributed by atoms with van der Waals surface area (Å²) in [5.41, 5.74) is 10.8. The van der Waals surface area contributed by atoms with Crippen LogP contribution in [0, 0.1) is 5.82 Å². The van der Waals surface area contributed by atoms with Gasteiger partial charge in [-0.3, -0.25) is 0 Å². The van der Waals surface area contributed by atoms with Crippen LogP contribution < -0.4 is 5.73 Å². The molecule has 2 aromatic rings. The van der Waals surface area contributed by atoms with E-state index in [0.29, 0.717) is 12.2 Å². The van der Waals surface area contributed by atoms with Crippen molar-refractivity contribution in [1.29, 1.82) is 0 Å². The van der Waals surface area contributed by atoms with Gasteiger partial charge in [0.05, 0.1) is 13.2 Å². The highest BCUT2D eigenvalue weighted by Gasteiger charge is 2.15. The van der Waals surface area contributed by atoms with Gasteiger partial charge in [-0.15, -0.1) is 0 Å². The van der Waals surface area contributed by atoms with Crippen molar-refractivity contribution < 1.29 is 9.13 Å². The lowest BCUT2D eigenvalue weighted by atomic mass is 9.92. The summed E-state index contributed by atoms with van der Waals surface area (Å²) in [7, 11) is 0. The van der Waals surface area contributed by atoms with Crippen molar-refractivity contribution >= 4 is 0 Å². The van der Waals surface area contributed by atoms with Crippen LogP contribution in [0.3, 0.4) is 0 Å². The zero-order valence-electron chi connectivity index (χ0n) is 10.7. The van der Waals surface area contributed by atoms with E-state index in [-0.39, 0.29) is 12.4 Å². The Hall–Kier alpha value is -1.71. The molecule has 0 aromatic heterocycles. The molecule has 2 aromatic carbocycles. The monoisotopic (exact) mass is 257 g/mol. The summed E-state index contributed by atoms with van der Waals surface area (Å²) >= 11 is 0. The molecule has 0 aliphatic carbocycles. The number of hydrogen-bond acceptors (Lipinski definition) is 2. The minimum atomic E-state index is -0.243. The molecule has 19 heavy (non-hydrogen) atoms. The molecule has 1 aliphatic heterocycles. The maximum atomic E-state index is 13.5. The third kappa shape index (κ3) is 2.27. The van der Waals surface area contributed by atoms with Crippen LogP contribution in [0.2, 0.25) is 0 Å². The SMILES string of the molecule is NCc1cc(-c2cccc3c2COCC3)ccc1F. The van der Waals surface area contributed by atoms with Gasteiger partial charge in [0.1, 0.15) is 5.82 Å². The number of benzene rings is 2. The number of halogens is 1. The van der Waals surface area contributed by atoms with E-state index in [4.69, 9.17) is 10.5 Å². The van der Waals surface area contributed by atoms with Crippen LogP contribution in [-0.4, -0.2) is 6.61 Å². The Labute approximate surface area is 112 Å². The summed E-state index contributed by atoms with van der Waals surface area (Å²) in [6.07, 6.45) is 0.939. The topological polar surface area (TPSA) is 35.2 Å². The Bertz CT molecular complexity index is 610. The van der Waals surface area contributed by atoms with Crippen molar-refractivity contribution in [2.24, 2.45) is 5.73 Å². The van der Waals surface area contributed by atoms with Crippen LogP contribution in [0.25, 0.3) is 11.1 Å². The quantitative estimate of drug-likeness (QED) is 0.897. The Morgan fingerprint density at radius 1 is 1.21 bits per heavy atom. The third-order valence-electron chi connectivity index (χ3n) is 3.61. The average molecular weight is 257 g/mol. The summed E-state index contributed by atoms with van der Waals surface area (Å²) in [4.78, 5) is 0. The lowest BCUT2D eigenvalue weighted by molar-refractivity contribution is 0.111. The second kappa shape index (κ2) is 5.11. The summed E-state index contributed by atoms with van der Waals surface area (Å²) in [5, 5.41) is 0. The van der Waals surface area contributed by atoms with Crippen molar-refractivity contribution in [2.45, 2.75) is 19.6 Å². The van der Waals surface area contributed by atoms with Crippen molar-refractivity contribution in [1.82, 2.24) is 0 Å². The minimum absolute atomic E-state index is 0.213. The van der Waals surface area contributed by atoms with Gasteiger partial charge in [-0.1, -0.05) is 24.3 Å². The number of nitrogens with two attached hydrogens (primary N) is 1. The van der Waals surface area contributed by atoms with Gasteiger partial charge in [0.25, 0.3) is 0 Å². The second-order valence-electron chi connectivity index (χ2n) is 4.76. The van der Waals surface area contributed by atoms with E-state index in [0.717, 1.165) is 24.2 Å². The number of hydrogen-bond donors (Lipinski definition) is 1. The molecule has 0 atom stereocenters. The van der Waals surface area contributed by atoms with Gasteiger partial charge in [-0.25, -0.2) is 4.39 Å². The van der Waals surface area contributed by atoms with E-state index in [1.807, 2.05) is 12.1 Å². The Morgan fingerprint density at radius 3 is 2.95 bits per heavy atom. The smallest absolute Gasteiger partial charge is 0.127 e. The molecule has 0 saturated carbocycles. The van der Waals surface area contributed by atoms with Gasteiger partial charge in [0.2, 0.25) is 0 Å². The van der Waals surface area contributed by atoms with Crippen LogP contribution in [0.4, 0.5) is 4.39 Å². The van der Waals surface area contributed by atoms with Gasteiger partial charge in [0, 0.05) is 12.1 Å². The Balaban J connectivity index is 2.12. The molecule has 3 heteroatoms. The number of fused-ring (bicyclic) bond motifs is 1. The summed E-state index contributed by atoms with van der Waals surface area (Å²) in [6, 6.07) is 11.4. The molecule has 0 radical (unpaired) electrons. The lowest BCUT2D eigenvalue weighted by Crippen LogP contribution is -2.11. The predicted octanol–water partition coefficient (Wildman–Crippen LogP) is 3.02. The van der Waals surface area contributed by atoms with Crippen molar-refractivity contribution in [3.05, 3.63) is 58.9 Å². The first-order valence-corrected chi connectivity index (χ1v) is 6.47. The summed E-state index contributed by atoms with van der Waals surface area (Å²) in [5.74, 6) is -0.243. The molecule has 0 amide bonds. The first-order chi connectivity index (χ1) is 9.29. The summed E-state index contributed by atoms with van der Waals surface area (Å²) in [6.45, 7) is 1.61. The highest BCUT2D eigenvalue weighted by Crippen LogP contribution is 2.30. The van der Waals surface area contributed by atoms with Gasteiger partial charge in [0.15, 0.2) is 0 Å². The zero-order valence-corrected chi connectivity index (χ0v) is 10.7. The standard InChI is InChI=1S/C16H16FNO/c17-16-5-4-12(8-13(16)9-18)14-3-1-2-11-6-7-19-10-15(11)14/h1-5,8H,6-7,9-10,18H2. The maximum absolute atomic E-state index is 13.5. The molecular formula is C16H16FNO. The molecule has 1 heterocycles. The molecule has 2 N–H and O–H groups in total. The third-order valence-corrected chi connectivity index (χ3v) is 3.61. The first kappa shape index (κ1) is 12.3. The normalized spacial score (nSPS) is 14.2. The number of rotatable bonds is 2. The molecular weight excluding hydrogens is 241 g/mol. The van der Waals surface area contributed by atoms with Crippen LogP contribution in [0.5, 0.6) is 0 Å². The molecule has 0 saturated heterocycles. The van der Waals surface area contributed by atoms with Gasteiger partial charge < -0.3 is 10.5 Å². The van der Waals surface area contributed by atoms with E-state index in [2.05, 4.69) is 12.1 Å². The molecule has 98 valence electrons. The van der Waals surface area contributed by atoms with Crippen molar-refractivity contribution in [3.8, 4) is 11.1 Å². The fourth-order valence-corrected chi connectivity index (χ4v) is 2.56. The van der Waals surface area contributed by atoms with Crippen LogP contribution in [0.1, 0.15) is 16.7 Å². The highest BCUT2D eigenvalue weighted by molar-refractivity contribution is 5.69. The molecule has 3 rings (SSSR count). The first-order valence-electron chi connectivity index (χ1n) is 6.47. The van der Waals surface area contributed by atoms with E-state index in [1.54, 1.807) is 6.07 Å². The van der Waals surface area contributed by atoms with Crippen molar-refractivity contribution in [3.63, 3.8) is 0 Å². The molecule has 0 unspecified atom stereocenters. The van der Waals surface area contributed by atoms with Crippen molar-refractivity contribution in [2.75, 3.05) is 6.61 Å². The largest absolute Gasteiger partial charge is 0.376 e. The average Bonchev–Trinajstić information content (AvgIpc) is 2.47. The molecule has 1 aliphatic rings. The van der Waals surface area contributed by atoms with Crippen LogP contribution >= 0.6 is 0 Å². The fourth-order valence-electron chi connectivity index (χ4n) is 2.56. The summed E-state index contributed by atoms with van der Waals surface area (Å²) < 4.78 is 19.1. The van der Waals surface area contributed by atoms with Gasteiger partial charge >= 0.3 is 0 Å². The lowest BCUT2D eigenvalue weighted by Gasteiger charge is -2.20. The number of ether oxygens (including phenoxy) is 1. The zero-order chi connectivity index (χ0) is 13.2. The molecule has 0 spiro atoms. The fraction of sp³-hybridized carbons (Fsp3) is 0.250. The molecule has 0 bridgehead atoms. The van der Waals surface area contributed by atoms with Crippen LogP contribution in [-0.2, 0) is 24.3 Å². The second-order valence-corrected chi connectivity index (χ2v) is 4.76. The molecule has 2 nitrogen and oxygen atoms in total. The Kier molecular flexibility index (Phi) is 3.32. The predicted molar refractivity (Wildman–Crippen MR) is 73.1 cm³/mol. The minimum Gasteiger partial charge on any atom is -0.376 e. The van der Waals surface area contributed by atoms with E-state index < -0.39 is 0 Å². The van der Waals surface area contributed by atoms with E-state index >= 15 is 0 Å². The van der Waals surface area contributed by atoms with E-state index in [1.165, 1.54) is 17.2 Å². The maximum Gasteiger partial charge on any atom is 0.127 e.